The molecule has 1 unspecified atom stereocenters. The Balaban J connectivity index is 2.14. The molecule has 0 bridgehead atoms. The second-order valence-electron chi connectivity index (χ2n) is 4.85. The van der Waals surface area contributed by atoms with E-state index in [1.807, 2.05) is 0 Å². The monoisotopic (exact) mass is 251 g/mol. The predicted octanol–water partition coefficient (Wildman–Crippen LogP) is 1.77. The summed E-state index contributed by atoms with van der Waals surface area (Å²) in [4.78, 5) is 13.1. The summed E-state index contributed by atoms with van der Waals surface area (Å²) in [6.45, 7) is 2.88. The van der Waals surface area contributed by atoms with Crippen LogP contribution in [0, 0.1) is 11.7 Å². The molecule has 1 aromatic carbocycles. The van der Waals surface area contributed by atoms with Gasteiger partial charge in [-0.3, -0.25) is 4.79 Å². The molecule has 18 heavy (non-hydrogen) atoms. The fourth-order valence-corrected chi connectivity index (χ4v) is 2.65. The largest absolute Gasteiger partial charge is 0.396 e. The van der Waals surface area contributed by atoms with Crippen LogP contribution in [0.25, 0.3) is 0 Å². The van der Waals surface area contributed by atoms with Crippen LogP contribution >= 0.6 is 0 Å². The molecule has 1 aromatic rings. The van der Waals surface area contributed by atoms with E-state index in [1.165, 1.54) is 12.1 Å². The van der Waals surface area contributed by atoms with Crippen LogP contribution in [0.5, 0.6) is 0 Å². The summed E-state index contributed by atoms with van der Waals surface area (Å²) in [5.74, 6) is 0.0331. The van der Waals surface area contributed by atoms with E-state index in [4.69, 9.17) is 0 Å². The Bertz CT molecular complexity index is 418. The number of benzene rings is 1. The summed E-state index contributed by atoms with van der Waals surface area (Å²) in [6.07, 6.45) is 0.816. The third-order valence-electron chi connectivity index (χ3n) is 3.71. The second-order valence-corrected chi connectivity index (χ2v) is 4.85. The van der Waals surface area contributed by atoms with Gasteiger partial charge >= 0.3 is 0 Å². The van der Waals surface area contributed by atoms with Gasteiger partial charge in [0.2, 0.25) is 5.91 Å². The van der Waals surface area contributed by atoms with E-state index in [9.17, 15) is 14.3 Å². The molecule has 1 fully saturated rings. The maximum Gasteiger partial charge on any atom is 0.219 e. The summed E-state index contributed by atoms with van der Waals surface area (Å²) < 4.78 is 12.9. The van der Waals surface area contributed by atoms with Gasteiger partial charge in [0.1, 0.15) is 5.82 Å². The van der Waals surface area contributed by atoms with Crippen molar-refractivity contribution < 1.29 is 14.3 Å². The van der Waals surface area contributed by atoms with E-state index in [0.29, 0.717) is 13.1 Å². The quantitative estimate of drug-likeness (QED) is 0.870. The van der Waals surface area contributed by atoms with Crippen molar-refractivity contribution in [1.82, 2.24) is 4.90 Å². The average molecular weight is 251 g/mol. The van der Waals surface area contributed by atoms with Gasteiger partial charge in [-0.25, -0.2) is 4.39 Å². The molecule has 98 valence electrons. The van der Waals surface area contributed by atoms with E-state index in [1.54, 1.807) is 24.0 Å². The standard InChI is InChI=1S/C14H18FNO2/c1-10(18)16-7-6-14(12(8-16)9-17)11-2-4-13(15)5-3-11/h2-5,12,14,17H,6-9H2,1H3/t12?,14-/m1/s1. The SMILES string of the molecule is CC(=O)N1CC[C@H](c2ccc(F)cc2)C(CO)C1. The average Bonchev–Trinajstić information content (AvgIpc) is 2.39. The molecule has 1 saturated heterocycles. The lowest BCUT2D eigenvalue weighted by atomic mass is 9.81. The van der Waals surface area contributed by atoms with Crippen molar-refractivity contribution in [2.24, 2.45) is 5.92 Å². The summed E-state index contributed by atoms with van der Waals surface area (Å²) >= 11 is 0. The number of aliphatic hydroxyl groups is 1. The van der Waals surface area contributed by atoms with E-state index in [-0.39, 0.29) is 30.2 Å². The Hall–Kier alpha value is -1.42. The Morgan fingerprint density at radius 2 is 2.11 bits per heavy atom. The molecule has 4 heteroatoms. The molecule has 1 aliphatic rings. The van der Waals surface area contributed by atoms with Gasteiger partial charge in [-0.2, -0.15) is 0 Å². The number of hydrogen-bond donors (Lipinski definition) is 1. The van der Waals surface area contributed by atoms with Crippen molar-refractivity contribution in [3.8, 4) is 0 Å². The van der Waals surface area contributed by atoms with E-state index >= 15 is 0 Å². The number of amides is 1. The molecule has 0 aromatic heterocycles. The van der Waals surface area contributed by atoms with Crippen molar-refractivity contribution in [3.05, 3.63) is 35.6 Å². The molecule has 1 N–H and O–H groups in total. The summed E-state index contributed by atoms with van der Waals surface area (Å²) in [5, 5.41) is 9.46. The van der Waals surface area contributed by atoms with Crippen LogP contribution in [0.4, 0.5) is 4.39 Å². The molecular formula is C14H18FNO2. The van der Waals surface area contributed by atoms with Crippen LogP contribution in [0.1, 0.15) is 24.8 Å². The summed E-state index contributed by atoms with van der Waals surface area (Å²) in [6, 6.07) is 6.43. The molecule has 0 radical (unpaired) electrons. The topological polar surface area (TPSA) is 40.5 Å². The van der Waals surface area contributed by atoms with Gasteiger partial charge in [0.25, 0.3) is 0 Å². The van der Waals surface area contributed by atoms with Crippen LogP contribution in [-0.4, -0.2) is 35.6 Å². The molecule has 1 aliphatic heterocycles. The lowest BCUT2D eigenvalue weighted by Gasteiger charge is -2.37. The number of hydrogen-bond acceptors (Lipinski definition) is 2. The molecular weight excluding hydrogens is 233 g/mol. The van der Waals surface area contributed by atoms with Crippen molar-refractivity contribution in [2.45, 2.75) is 19.3 Å². The highest BCUT2D eigenvalue weighted by atomic mass is 19.1. The molecule has 0 saturated carbocycles. The smallest absolute Gasteiger partial charge is 0.219 e. The molecule has 0 aliphatic carbocycles. The Morgan fingerprint density at radius 1 is 1.44 bits per heavy atom. The van der Waals surface area contributed by atoms with Crippen LogP contribution in [-0.2, 0) is 4.79 Å². The Kier molecular flexibility index (Phi) is 3.97. The van der Waals surface area contributed by atoms with E-state index in [2.05, 4.69) is 0 Å². The maximum absolute atomic E-state index is 12.9. The first-order valence-electron chi connectivity index (χ1n) is 6.23. The number of aliphatic hydroxyl groups excluding tert-OH is 1. The zero-order chi connectivity index (χ0) is 13.1. The molecule has 2 atom stereocenters. The second kappa shape index (κ2) is 5.48. The first-order chi connectivity index (χ1) is 8.61. The van der Waals surface area contributed by atoms with Crippen molar-refractivity contribution in [1.29, 1.82) is 0 Å². The highest BCUT2D eigenvalue weighted by Gasteiger charge is 2.30. The highest BCUT2D eigenvalue weighted by Crippen LogP contribution is 2.32. The molecule has 2 rings (SSSR count). The summed E-state index contributed by atoms with van der Waals surface area (Å²) in [5.41, 5.74) is 1.04. The minimum absolute atomic E-state index is 0.0353. The minimum atomic E-state index is -0.250. The van der Waals surface area contributed by atoms with Crippen LogP contribution in [0.2, 0.25) is 0 Å². The predicted molar refractivity (Wildman–Crippen MR) is 66.6 cm³/mol. The van der Waals surface area contributed by atoms with Crippen molar-refractivity contribution in [3.63, 3.8) is 0 Å². The molecule has 1 amide bonds. The van der Waals surface area contributed by atoms with Crippen molar-refractivity contribution in [2.75, 3.05) is 19.7 Å². The van der Waals surface area contributed by atoms with Gasteiger partial charge in [0.05, 0.1) is 0 Å². The maximum atomic E-state index is 12.9. The van der Waals surface area contributed by atoms with Crippen LogP contribution in [0.3, 0.4) is 0 Å². The van der Waals surface area contributed by atoms with E-state index < -0.39 is 0 Å². The zero-order valence-corrected chi connectivity index (χ0v) is 10.5. The molecule has 3 nitrogen and oxygen atoms in total. The molecule has 1 heterocycles. The van der Waals surface area contributed by atoms with Gasteiger partial charge in [-0.05, 0) is 30.0 Å². The van der Waals surface area contributed by atoms with Crippen LogP contribution in [0.15, 0.2) is 24.3 Å². The third kappa shape index (κ3) is 2.70. The normalized spacial score (nSPS) is 24.1. The first-order valence-corrected chi connectivity index (χ1v) is 6.23. The highest BCUT2D eigenvalue weighted by molar-refractivity contribution is 5.73. The van der Waals surface area contributed by atoms with Gasteiger partial charge in [0, 0.05) is 32.5 Å². The Labute approximate surface area is 106 Å². The van der Waals surface area contributed by atoms with Crippen LogP contribution < -0.4 is 0 Å². The van der Waals surface area contributed by atoms with Crippen molar-refractivity contribution >= 4 is 5.91 Å². The van der Waals surface area contributed by atoms with Gasteiger partial charge in [-0.1, -0.05) is 12.1 Å². The number of rotatable bonds is 2. The lowest BCUT2D eigenvalue weighted by Crippen LogP contribution is -2.43. The number of halogens is 1. The number of likely N-dealkylation sites (tertiary alicyclic amines) is 1. The third-order valence-corrected chi connectivity index (χ3v) is 3.71. The number of nitrogens with zero attached hydrogens (tertiary/aromatic N) is 1. The van der Waals surface area contributed by atoms with E-state index in [0.717, 1.165) is 12.0 Å². The fraction of sp³-hybridized carbons (Fsp3) is 0.500. The van der Waals surface area contributed by atoms with Gasteiger partial charge in [0.15, 0.2) is 0 Å². The number of carbonyl (C=O) groups is 1. The Morgan fingerprint density at radius 3 is 2.67 bits per heavy atom. The molecule has 0 spiro atoms. The minimum Gasteiger partial charge on any atom is -0.396 e. The lowest BCUT2D eigenvalue weighted by molar-refractivity contribution is -0.131. The van der Waals surface area contributed by atoms with Gasteiger partial charge < -0.3 is 10.0 Å². The van der Waals surface area contributed by atoms with Gasteiger partial charge in [-0.15, -0.1) is 0 Å². The fourth-order valence-electron chi connectivity index (χ4n) is 2.65. The number of piperidine rings is 1. The first kappa shape index (κ1) is 13.0. The number of carbonyl (C=O) groups excluding carboxylic acids is 1. The zero-order valence-electron chi connectivity index (χ0n) is 10.5. The summed E-state index contributed by atoms with van der Waals surface area (Å²) in [7, 11) is 0.